The second kappa shape index (κ2) is 13.3. The molecule has 0 rings (SSSR count). The molecule has 4 N–H and O–H groups in total. The van der Waals surface area contributed by atoms with Crippen molar-refractivity contribution in [3.8, 4) is 0 Å². The standard InChI is InChI=1S/C22H40N2O7/c1-7-16(18(24)26)14-21(4,5)19(27)30-11-9-29-10-12-31-20(28)22(6,8-2)13-15(3)17(23)25/h15-16H,7-14H2,1-6H3,(H2,23,25)(H2,24,26). The van der Waals surface area contributed by atoms with Gasteiger partial charge in [0.1, 0.15) is 13.2 Å². The number of ether oxygens (including phenoxy) is 3. The molecule has 0 aromatic heterocycles. The molecule has 3 atom stereocenters. The van der Waals surface area contributed by atoms with Crippen LogP contribution in [0, 0.1) is 22.7 Å². The summed E-state index contributed by atoms with van der Waals surface area (Å²) in [6.45, 7) is 11.0. The smallest absolute Gasteiger partial charge is 0.311 e. The Morgan fingerprint density at radius 1 is 0.806 bits per heavy atom. The van der Waals surface area contributed by atoms with Gasteiger partial charge in [0.05, 0.1) is 24.0 Å². The topological polar surface area (TPSA) is 148 Å². The largest absolute Gasteiger partial charge is 0.463 e. The van der Waals surface area contributed by atoms with Crippen molar-refractivity contribution in [2.24, 2.45) is 34.1 Å². The number of nitrogens with two attached hydrogens (primary N) is 2. The molecule has 0 radical (unpaired) electrons. The van der Waals surface area contributed by atoms with Crippen molar-refractivity contribution >= 4 is 23.8 Å². The fourth-order valence-electron chi connectivity index (χ4n) is 3.15. The van der Waals surface area contributed by atoms with Crippen molar-refractivity contribution in [2.75, 3.05) is 26.4 Å². The Morgan fingerprint density at radius 2 is 1.32 bits per heavy atom. The summed E-state index contributed by atoms with van der Waals surface area (Å²) in [5, 5.41) is 0. The summed E-state index contributed by atoms with van der Waals surface area (Å²) in [5.41, 5.74) is 9.01. The summed E-state index contributed by atoms with van der Waals surface area (Å²) in [7, 11) is 0. The highest BCUT2D eigenvalue weighted by atomic mass is 16.6. The highest BCUT2D eigenvalue weighted by Gasteiger charge is 2.36. The third-order valence-corrected chi connectivity index (χ3v) is 5.64. The lowest BCUT2D eigenvalue weighted by Crippen LogP contribution is -2.35. The van der Waals surface area contributed by atoms with Gasteiger partial charge in [-0.15, -0.1) is 0 Å². The first-order chi connectivity index (χ1) is 14.3. The van der Waals surface area contributed by atoms with Crippen LogP contribution in [0.3, 0.4) is 0 Å². The zero-order chi connectivity index (χ0) is 24.2. The Hall–Kier alpha value is -2.16. The molecular weight excluding hydrogens is 404 g/mol. The third kappa shape index (κ3) is 10.1. The van der Waals surface area contributed by atoms with Crippen LogP contribution in [0.4, 0.5) is 0 Å². The van der Waals surface area contributed by atoms with Crippen molar-refractivity contribution in [1.29, 1.82) is 0 Å². The number of amides is 2. The van der Waals surface area contributed by atoms with E-state index in [4.69, 9.17) is 25.7 Å². The maximum absolute atomic E-state index is 12.4. The van der Waals surface area contributed by atoms with Gasteiger partial charge in [-0.25, -0.2) is 0 Å². The number of rotatable bonds is 16. The fraction of sp³-hybridized carbons (Fsp3) is 0.818. The summed E-state index contributed by atoms with van der Waals surface area (Å²) in [4.78, 5) is 47.3. The zero-order valence-corrected chi connectivity index (χ0v) is 19.8. The number of esters is 2. The Morgan fingerprint density at radius 3 is 1.74 bits per heavy atom. The third-order valence-electron chi connectivity index (χ3n) is 5.64. The van der Waals surface area contributed by atoms with Gasteiger partial charge in [0.2, 0.25) is 11.8 Å². The molecule has 2 amide bonds. The fourth-order valence-corrected chi connectivity index (χ4v) is 3.15. The molecule has 0 fully saturated rings. The van der Waals surface area contributed by atoms with Crippen LogP contribution in [-0.2, 0) is 33.4 Å². The zero-order valence-electron chi connectivity index (χ0n) is 19.8. The summed E-state index contributed by atoms with van der Waals surface area (Å²) < 4.78 is 15.9. The van der Waals surface area contributed by atoms with Gasteiger partial charge in [0.25, 0.3) is 0 Å². The van der Waals surface area contributed by atoms with Crippen LogP contribution in [0.25, 0.3) is 0 Å². The molecule has 0 spiro atoms. The molecule has 0 aliphatic rings. The minimum absolute atomic E-state index is 0.0480. The first-order valence-electron chi connectivity index (χ1n) is 10.8. The van der Waals surface area contributed by atoms with Crippen molar-refractivity contribution in [2.45, 2.75) is 67.2 Å². The van der Waals surface area contributed by atoms with Crippen LogP contribution in [0.5, 0.6) is 0 Å². The van der Waals surface area contributed by atoms with E-state index in [1.54, 1.807) is 27.7 Å². The molecule has 9 nitrogen and oxygen atoms in total. The van der Waals surface area contributed by atoms with Crippen molar-refractivity contribution in [3.05, 3.63) is 0 Å². The van der Waals surface area contributed by atoms with Crippen LogP contribution in [-0.4, -0.2) is 50.2 Å². The summed E-state index contributed by atoms with van der Waals surface area (Å²) in [6, 6.07) is 0. The molecule has 0 heterocycles. The molecule has 180 valence electrons. The van der Waals surface area contributed by atoms with Gasteiger partial charge in [-0.2, -0.15) is 0 Å². The second-order valence-electron chi connectivity index (χ2n) is 8.90. The minimum atomic E-state index is -0.835. The number of hydrogen-bond acceptors (Lipinski definition) is 7. The van der Waals surface area contributed by atoms with Gasteiger partial charge in [0.15, 0.2) is 0 Å². The van der Waals surface area contributed by atoms with E-state index in [2.05, 4.69) is 0 Å². The summed E-state index contributed by atoms with van der Waals surface area (Å²) in [5.74, 6) is -2.52. The Kier molecular flexibility index (Phi) is 12.4. The van der Waals surface area contributed by atoms with Crippen LogP contribution < -0.4 is 11.5 Å². The Bertz CT molecular complexity index is 621. The number of carbonyl (C=O) groups is 4. The van der Waals surface area contributed by atoms with Crippen LogP contribution >= 0.6 is 0 Å². The number of carbonyl (C=O) groups excluding carboxylic acids is 4. The van der Waals surface area contributed by atoms with E-state index in [9.17, 15) is 19.2 Å². The molecule has 3 unspecified atom stereocenters. The van der Waals surface area contributed by atoms with Gasteiger partial charge in [-0.1, -0.05) is 20.8 Å². The van der Waals surface area contributed by atoms with Crippen molar-refractivity contribution < 1.29 is 33.4 Å². The van der Waals surface area contributed by atoms with Gasteiger partial charge >= 0.3 is 11.9 Å². The van der Waals surface area contributed by atoms with Crippen molar-refractivity contribution in [3.63, 3.8) is 0 Å². The molecule has 0 aliphatic carbocycles. The van der Waals surface area contributed by atoms with Gasteiger partial charge < -0.3 is 25.7 Å². The monoisotopic (exact) mass is 444 g/mol. The van der Waals surface area contributed by atoms with Crippen molar-refractivity contribution in [1.82, 2.24) is 0 Å². The maximum atomic E-state index is 12.4. The highest BCUT2D eigenvalue weighted by Crippen LogP contribution is 2.31. The second-order valence-corrected chi connectivity index (χ2v) is 8.90. The molecule has 31 heavy (non-hydrogen) atoms. The maximum Gasteiger partial charge on any atom is 0.311 e. The van der Waals surface area contributed by atoms with Crippen LogP contribution in [0.1, 0.15) is 67.2 Å². The lowest BCUT2D eigenvalue weighted by molar-refractivity contribution is -0.159. The quantitative estimate of drug-likeness (QED) is 0.273. The normalized spacial score (nSPS) is 15.4. The van der Waals surface area contributed by atoms with E-state index in [1.807, 2.05) is 13.8 Å². The molecule has 0 aromatic carbocycles. The number of primary amides is 2. The van der Waals surface area contributed by atoms with Gasteiger partial charge in [-0.05, 0) is 46.5 Å². The van der Waals surface area contributed by atoms with E-state index >= 15 is 0 Å². The van der Waals surface area contributed by atoms with Crippen LogP contribution in [0.15, 0.2) is 0 Å². The Labute approximate surface area is 185 Å². The molecule has 0 bridgehead atoms. The average molecular weight is 445 g/mol. The Balaban J connectivity index is 4.24. The molecular formula is C22H40N2O7. The predicted octanol–water partition coefficient (Wildman–Crippen LogP) is 1.95. The van der Waals surface area contributed by atoms with Crippen LogP contribution in [0.2, 0.25) is 0 Å². The summed E-state index contributed by atoms with van der Waals surface area (Å²) in [6.07, 6.45) is 1.72. The van der Waals surface area contributed by atoms with E-state index in [1.165, 1.54) is 0 Å². The molecule has 9 heteroatoms. The minimum Gasteiger partial charge on any atom is -0.463 e. The predicted molar refractivity (Wildman–Crippen MR) is 115 cm³/mol. The lowest BCUT2D eigenvalue weighted by atomic mass is 9.79. The van der Waals surface area contributed by atoms with E-state index in [0.717, 1.165) is 0 Å². The first-order valence-corrected chi connectivity index (χ1v) is 10.8. The first kappa shape index (κ1) is 28.8. The van der Waals surface area contributed by atoms with Gasteiger partial charge in [0, 0.05) is 11.8 Å². The number of hydrogen-bond donors (Lipinski definition) is 2. The van der Waals surface area contributed by atoms with E-state index in [-0.39, 0.29) is 32.3 Å². The molecule has 0 saturated heterocycles. The average Bonchev–Trinajstić information content (AvgIpc) is 2.70. The van der Waals surface area contributed by atoms with E-state index in [0.29, 0.717) is 25.7 Å². The highest BCUT2D eigenvalue weighted by molar-refractivity contribution is 5.80. The lowest BCUT2D eigenvalue weighted by Gasteiger charge is -2.27. The van der Waals surface area contributed by atoms with Gasteiger partial charge in [-0.3, -0.25) is 19.2 Å². The SMILES string of the molecule is CCC(CC(C)(C)C(=O)OCCOCCOC(=O)C(C)(CC)CC(C)C(N)=O)C(N)=O. The molecule has 0 aromatic rings. The van der Waals surface area contributed by atoms with E-state index < -0.39 is 40.5 Å². The molecule has 0 saturated carbocycles. The molecule has 0 aliphatic heterocycles. The summed E-state index contributed by atoms with van der Waals surface area (Å²) >= 11 is 0.